The summed E-state index contributed by atoms with van der Waals surface area (Å²) in [7, 11) is 0. The minimum absolute atomic E-state index is 0.0360. The van der Waals surface area contributed by atoms with Crippen LogP contribution in [-0.4, -0.2) is 11.2 Å². The molecule has 1 N–H and O–H groups in total. The topological polar surface area (TPSA) is 20.2 Å². The molecule has 0 bridgehead atoms. The van der Waals surface area contributed by atoms with Crippen molar-refractivity contribution in [2.45, 2.75) is 119 Å². The standard InChI is InChI=1S/C30H50O/c1-20(2)10-9-11-21(3)22-14-18-30(8)24-12-13-25-27(4,5)26(31)16-17-28(25,6)23(24)15-19-29(22,30)7/h10,12,21-23,25-26,31H,9,11,13-19H2,1-8H3/t21-,22-,23?,25?,26+,28-,29-,30+/m1/s1. The highest BCUT2D eigenvalue weighted by Crippen LogP contribution is 2.73. The monoisotopic (exact) mass is 426 g/mol. The Labute approximate surface area is 193 Å². The minimum atomic E-state index is -0.137. The molecule has 0 aromatic heterocycles. The molecule has 0 radical (unpaired) electrons. The second-order valence-electron chi connectivity index (χ2n) is 13.7. The molecule has 0 heterocycles. The van der Waals surface area contributed by atoms with Crippen molar-refractivity contribution in [2.75, 3.05) is 0 Å². The maximum Gasteiger partial charge on any atom is 0.0594 e. The van der Waals surface area contributed by atoms with Crippen LogP contribution in [0.15, 0.2) is 23.3 Å². The molecule has 31 heavy (non-hydrogen) atoms. The third-order valence-electron chi connectivity index (χ3n) is 11.7. The van der Waals surface area contributed by atoms with Gasteiger partial charge in [0.05, 0.1) is 6.10 Å². The molecule has 1 heteroatoms. The number of hydrogen-bond acceptors (Lipinski definition) is 1. The van der Waals surface area contributed by atoms with Gasteiger partial charge in [-0.3, -0.25) is 0 Å². The van der Waals surface area contributed by atoms with Gasteiger partial charge in [-0.25, -0.2) is 0 Å². The summed E-state index contributed by atoms with van der Waals surface area (Å²) in [6.45, 7) is 19.6. The number of fused-ring (bicyclic) bond motifs is 5. The highest BCUT2D eigenvalue weighted by molar-refractivity contribution is 5.33. The lowest BCUT2D eigenvalue weighted by Gasteiger charge is -2.64. The Morgan fingerprint density at radius 2 is 1.77 bits per heavy atom. The van der Waals surface area contributed by atoms with Crippen LogP contribution in [0.1, 0.15) is 113 Å². The van der Waals surface area contributed by atoms with Gasteiger partial charge in [-0.1, -0.05) is 64.8 Å². The van der Waals surface area contributed by atoms with Crippen molar-refractivity contribution < 1.29 is 5.11 Å². The maximum atomic E-state index is 10.8. The van der Waals surface area contributed by atoms with Gasteiger partial charge in [-0.05, 0) is 117 Å². The van der Waals surface area contributed by atoms with Crippen LogP contribution in [0.5, 0.6) is 0 Å². The fourth-order valence-electron chi connectivity index (χ4n) is 9.49. The summed E-state index contributed by atoms with van der Waals surface area (Å²) in [6.07, 6.45) is 16.5. The maximum absolute atomic E-state index is 10.8. The van der Waals surface area contributed by atoms with E-state index >= 15 is 0 Å². The van der Waals surface area contributed by atoms with Gasteiger partial charge in [0.25, 0.3) is 0 Å². The van der Waals surface area contributed by atoms with Gasteiger partial charge in [-0.2, -0.15) is 0 Å². The Bertz CT molecular complexity index is 754. The number of rotatable bonds is 4. The predicted molar refractivity (Wildman–Crippen MR) is 133 cm³/mol. The summed E-state index contributed by atoms with van der Waals surface area (Å²) in [5.41, 5.74) is 4.53. The summed E-state index contributed by atoms with van der Waals surface area (Å²) < 4.78 is 0. The molecule has 3 saturated carbocycles. The first-order valence-corrected chi connectivity index (χ1v) is 13.4. The van der Waals surface area contributed by atoms with E-state index in [1.807, 2.05) is 5.57 Å². The molecule has 0 aromatic carbocycles. The summed E-state index contributed by atoms with van der Waals surface area (Å²) >= 11 is 0. The number of allylic oxidation sites excluding steroid dienone is 4. The van der Waals surface area contributed by atoms with E-state index in [1.54, 1.807) is 0 Å². The average molecular weight is 427 g/mol. The fraction of sp³-hybridized carbons (Fsp3) is 0.867. The van der Waals surface area contributed by atoms with Gasteiger partial charge >= 0.3 is 0 Å². The molecule has 3 fully saturated rings. The van der Waals surface area contributed by atoms with Gasteiger partial charge < -0.3 is 5.11 Å². The number of hydrogen-bond donors (Lipinski definition) is 1. The second-order valence-corrected chi connectivity index (χ2v) is 13.7. The highest BCUT2D eigenvalue weighted by atomic mass is 16.3. The molecule has 0 aliphatic heterocycles. The molecular weight excluding hydrogens is 376 g/mol. The molecule has 0 aromatic rings. The van der Waals surface area contributed by atoms with Crippen molar-refractivity contribution in [1.82, 2.24) is 0 Å². The first kappa shape index (κ1) is 23.6. The van der Waals surface area contributed by atoms with Crippen LogP contribution in [0.25, 0.3) is 0 Å². The predicted octanol–water partition coefficient (Wildman–Crippen LogP) is 8.34. The van der Waals surface area contributed by atoms with E-state index in [4.69, 9.17) is 0 Å². The van der Waals surface area contributed by atoms with E-state index in [-0.39, 0.29) is 11.5 Å². The zero-order valence-corrected chi connectivity index (χ0v) is 21.9. The van der Waals surface area contributed by atoms with E-state index in [0.717, 1.165) is 24.2 Å². The molecule has 0 spiro atoms. The normalized spacial score (nSPS) is 46.9. The Morgan fingerprint density at radius 3 is 2.45 bits per heavy atom. The molecule has 4 aliphatic carbocycles. The van der Waals surface area contributed by atoms with Gasteiger partial charge in [0.1, 0.15) is 0 Å². The van der Waals surface area contributed by atoms with E-state index in [9.17, 15) is 5.11 Å². The van der Waals surface area contributed by atoms with Crippen LogP contribution < -0.4 is 0 Å². The van der Waals surface area contributed by atoms with Crippen LogP contribution >= 0.6 is 0 Å². The third kappa shape index (κ3) is 3.34. The van der Waals surface area contributed by atoms with E-state index in [2.05, 4.69) is 67.5 Å². The quantitative estimate of drug-likeness (QED) is 0.448. The van der Waals surface area contributed by atoms with Gasteiger partial charge in [0, 0.05) is 0 Å². The Hall–Kier alpha value is -0.560. The van der Waals surface area contributed by atoms with Crippen LogP contribution in [0.3, 0.4) is 0 Å². The summed E-state index contributed by atoms with van der Waals surface area (Å²) in [5, 5.41) is 10.8. The van der Waals surface area contributed by atoms with Crippen LogP contribution in [0.2, 0.25) is 0 Å². The lowest BCUT2D eigenvalue weighted by molar-refractivity contribution is -0.131. The van der Waals surface area contributed by atoms with E-state index in [1.165, 1.54) is 56.9 Å². The minimum Gasteiger partial charge on any atom is -0.393 e. The molecule has 1 nitrogen and oxygen atoms in total. The van der Waals surface area contributed by atoms with Crippen molar-refractivity contribution in [3.05, 3.63) is 23.3 Å². The SMILES string of the molecule is CC(C)=CCC[C@@H](C)[C@H]1CC[C@@]2(C)C3=CCC4C(C)(C)[C@@H](O)CC[C@]4(C)C3CC[C@]12C. The molecular formula is C30H50O. The first-order valence-electron chi connectivity index (χ1n) is 13.4. The van der Waals surface area contributed by atoms with Crippen molar-refractivity contribution in [3.8, 4) is 0 Å². The van der Waals surface area contributed by atoms with Crippen LogP contribution in [0, 0.1) is 45.3 Å². The lowest BCUT2D eigenvalue weighted by Crippen LogP contribution is -2.58. The number of aliphatic hydroxyl groups is 1. The van der Waals surface area contributed by atoms with Crippen molar-refractivity contribution in [1.29, 1.82) is 0 Å². The van der Waals surface area contributed by atoms with Crippen molar-refractivity contribution >= 4 is 0 Å². The zero-order valence-electron chi connectivity index (χ0n) is 21.9. The summed E-state index contributed by atoms with van der Waals surface area (Å²) in [4.78, 5) is 0. The third-order valence-corrected chi connectivity index (χ3v) is 11.7. The Morgan fingerprint density at radius 1 is 1.06 bits per heavy atom. The fourth-order valence-corrected chi connectivity index (χ4v) is 9.49. The van der Waals surface area contributed by atoms with Gasteiger partial charge in [-0.15, -0.1) is 0 Å². The molecule has 4 rings (SSSR count). The molecule has 0 saturated heterocycles. The van der Waals surface area contributed by atoms with E-state index in [0.29, 0.717) is 22.2 Å². The number of aliphatic hydroxyl groups excluding tert-OH is 1. The second kappa shape index (κ2) is 7.75. The summed E-state index contributed by atoms with van der Waals surface area (Å²) in [6, 6.07) is 0. The smallest absolute Gasteiger partial charge is 0.0594 e. The Kier molecular flexibility index (Phi) is 5.90. The van der Waals surface area contributed by atoms with Gasteiger partial charge in [0.15, 0.2) is 0 Å². The largest absolute Gasteiger partial charge is 0.393 e. The van der Waals surface area contributed by atoms with Crippen molar-refractivity contribution in [2.24, 2.45) is 45.3 Å². The first-order chi connectivity index (χ1) is 14.4. The zero-order chi connectivity index (χ0) is 22.8. The van der Waals surface area contributed by atoms with Crippen LogP contribution in [0.4, 0.5) is 0 Å². The molecule has 4 aliphatic rings. The van der Waals surface area contributed by atoms with Gasteiger partial charge in [0.2, 0.25) is 0 Å². The molecule has 0 amide bonds. The molecule has 2 unspecified atom stereocenters. The molecule has 8 atom stereocenters. The Balaban J connectivity index is 1.62. The molecule has 176 valence electrons. The highest BCUT2D eigenvalue weighted by Gasteiger charge is 2.65. The average Bonchev–Trinajstić information content (AvgIpc) is 2.96. The van der Waals surface area contributed by atoms with E-state index < -0.39 is 0 Å². The summed E-state index contributed by atoms with van der Waals surface area (Å²) in [5.74, 6) is 3.02. The van der Waals surface area contributed by atoms with Crippen LogP contribution in [-0.2, 0) is 0 Å². The van der Waals surface area contributed by atoms with Crippen molar-refractivity contribution in [3.63, 3.8) is 0 Å². The lowest BCUT2D eigenvalue weighted by atomic mass is 9.41.